The van der Waals surface area contributed by atoms with Crippen LogP contribution in [-0.4, -0.2) is 4.98 Å². The largest absolute Gasteiger partial charge is 0.398 e. The third-order valence-corrected chi connectivity index (χ3v) is 6.87. The lowest BCUT2D eigenvalue weighted by atomic mass is 9.85. The smallest absolute Gasteiger partial charge is 0.126 e. The second-order valence-electron chi connectivity index (χ2n) is 9.17. The van der Waals surface area contributed by atoms with Gasteiger partial charge in [-0.25, -0.2) is 4.98 Å². The fourth-order valence-electron chi connectivity index (χ4n) is 3.99. The second-order valence-corrected chi connectivity index (χ2v) is 10.2. The molecule has 1 aromatic heterocycles. The third kappa shape index (κ3) is 3.80. The molecule has 0 unspecified atom stereocenters. The molecular weight excluding hydrogens is 408 g/mol. The molecule has 0 aliphatic rings. The predicted molar refractivity (Wildman–Crippen MR) is 139 cm³/mol. The number of nitrogen functional groups attached to an aromatic ring is 1. The molecule has 0 aliphatic carbocycles. The first-order chi connectivity index (χ1) is 15.4. The Hall–Kier alpha value is -3.43. The second kappa shape index (κ2) is 7.92. The molecule has 0 saturated heterocycles. The lowest BCUT2D eigenvalue weighted by molar-refractivity contribution is 0.591. The lowest BCUT2D eigenvalue weighted by Crippen LogP contribution is -2.11. The van der Waals surface area contributed by atoms with Crippen LogP contribution < -0.4 is 5.73 Å². The van der Waals surface area contributed by atoms with Crippen LogP contribution in [0.4, 0.5) is 5.69 Å². The van der Waals surface area contributed by atoms with Crippen molar-refractivity contribution >= 4 is 27.2 Å². The van der Waals surface area contributed by atoms with Crippen molar-refractivity contribution < 1.29 is 0 Å². The minimum atomic E-state index is 0.0376. The van der Waals surface area contributed by atoms with E-state index in [1.807, 2.05) is 24.3 Å². The third-order valence-electron chi connectivity index (χ3n) is 5.83. The average Bonchev–Trinajstić information content (AvgIpc) is 3.23. The minimum absolute atomic E-state index is 0.0376. The SMILES string of the molecule is CC(C)(C)c1cc(-c2cccc(-c3ccccc3)c2)c2nc(-c3ccccc3N)sc2c1. The molecule has 0 fully saturated rings. The summed E-state index contributed by atoms with van der Waals surface area (Å²) in [5.41, 5.74) is 15.2. The van der Waals surface area contributed by atoms with Crippen molar-refractivity contribution in [1.82, 2.24) is 4.98 Å². The van der Waals surface area contributed by atoms with E-state index in [9.17, 15) is 0 Å². The van der Waals surface area contributed by atoms with Crippen molar-refractivity contribution in [2.24, 2.45) is 0 Å². The Labute approximate surface area is 193 Å². The van der Waals surface area contributed by atoms with E-state index in [1.165, 1.54) is 32.5 Å². The fraction of sp³-hybridized carbons (Fsp3) is 0.138. The number of benzene rings is 4. The number of nitrogens with zero attached hydrogens (tertiary/aromatic N) is 1. The summed E-state index contributed by atoms with van der Waals surface area (Å²) in [6, 6.07) is 31.8. The molecule has 2 N–H and O–H groups in total. The lowest BCUT2D eigenvalue weighted by Gasteiger charge is -2.20. The van der Waals surface area contributed by atoms with Crippen LogP contribution in [0.25, 0.3) is 43.0 Å². The van der Waals surface area contributed by atoms with Gasteiger partial charge in [0.15, 0.2) is 0 Å². The van der Waals surface area contributed by atoms with Gasteiger partial charge in [0.1, 0.15) is 5.01 Å². The highest BCUT2D eigenvalue weighted by atomic mass is 32.1. The van der Waals surface area contributed by atoms with Crippen LogP contribution in [-0.2, 0) is 5.41 Å². The molecule has 0 spiro atoms. The van der Waals surface area contributed by atoms with Gasteiger partial charge in [0.05, 0.1) is 10.2 Å². The number of anilines is 1. The van der Waals surface area contributed by atoms with Crippen molar-refractivity contribution in [3.63, 3.8) is 0 Å². The van der Waals surface area contributed by atoms with E-state index in [0.717, 1.165) is 21.8 Å². The Kier molecular flexibility index (Phi) is 5.07. The predicted octanol–water partition coefficient (Wildman–Crippen LogP) is 8.18. The van der Waals surface area contributed by atoms with Gasteiger partial charge in [-0.2, -0.15) is 0 Å². The zero-order chi connectivity index (χ0) is 22.3. The molecule has 0 amide bonds. The molecule has 0 radical (unpaired) electrons. The molecule has 2 nitrogen and oxygen atoms in total. The molecule has 0 bridgehead atoms. The molecule has 32 heavy (non-hydrogen) atoms. The van der Waals surface area contributed by atoms with Crippen molar-refractivity contribution in [2.45, 2.75) is 26.2 Å². The fourth-order valence-corrected chi connectivity index (χ4v) is 5.07. The van der Waals surface area contributed by atoms with E-state index in [-0.39, 0.29) is 5.41 Å². The number of aromatic nitrogens is 1. The molecule has 0 atom stereocenters. The molecule has 1 heterocycles. The van der Waals surface area contributed by atoms with Crippen LogP contribution in [0.5, 0.6) is 0 Å². The van der Waals surface area contributed by atoms with Gasteiger partial charge in [0, 0.05) is 16.8 Å². The van der Waals surface area contributed by atoms with Crippen LogP contribution in [0.1, 0.15) is 26.3 Å². The van der Waals surface area contributed by atoms with E-state index >= 15 is 0 Å². The molecular formula is C29H26N2S. The number of fused-ring (bicyclic) bond motifs is 1. The van der Waals surface area contributed by atoms with Gasteiger partial charge in [-0.05, 0) is 58.0 Å². The van der Waals surface area contributed by atoms with Gasteiger partial charge in [-0.3, -0.25) is 0 Å². The molecule has 4 aromatic carbocycles. The Bertz CT molecular complexity index is 1410. The van der Waals surface area contributed by atoms with Crippen molar-refractivity contribution in [3.05, 3.63) is 96.6 Å². The monoisotopic (exact) mass is 434 g/mol. The molecule has 3 heteroatoms. The van der Waals surface area contributed by atoms with E-state index < -0.39 is 0 Å². The first-order valence-electron chi connectivity index (χ1n) is 10.9. The number of thiazole rings is 1. The summed E-state index contributed by atoms with van der Waals surface area (Å²) in [4.78, 5) is 5.08. The summed E-state index contributed by atoms with van der Waals surface area (Å²) in [7, 11) is 0. The maximum absolute atomic E-state index is 6.27. The Balaban J connectivity index is 1.74. The number of rotatable bonds is 3. The van der Waals surface area contributed by atoms with Gasteiger partial charge < -0.3 is 5.73 Å². The van der Waals surface area contributed by atoms with Crippen molar-refractivity contribution in [1.29, 1.82) is 0 Å². The zero-order valence-corrected chi connectivity index (χ0v) is 19.4. The first kappa shape index (κ1) is 20.5. The normalized spacial score (nSPS) is 11.7. The van der Waals surface area contributed by atoms with Gasteiger partial charge in [0.25, 0.3) is 0 Å². The van der Waals surface area contributed by atoms with Gasteiger partial charge in [-0.15, -0.1) is 11.3 Å². The van der Waals surface area contributed by atoms with Crippen LogP contribution in [0.3, 0.4) is 0 Å². The van der Waals surface area contributed by atoms with Gasteiger partial charge in [0.2, 0.25) is 0 Å². The summed E-state index contributed by atoms with van der Waals surface area (Å²) in [6.07, 6.45) is 0. The Morgan fingerprint density at radius 1 is 0.688 bits per heavy atom. The van der Waals surface area contributed by atoms with Crippen molar-refractivity contribution in [3.8, 4) is 32.8 Å². The molecule has 5 rings (SSSR count). The first-order valence-corrected chi connectivity index (χ1v) is 11.7. The Morgan fingerprint density at radius 3 is 2.12 bits per heavy atom. The van der Waals surface area contributed by atoms with E-state index in [2.05, 4.69) is 87.5 Å². The Morgan fingerprint density at radius 2 is 1.38 bits per heavy atom. The maximum Gasteiger partial charge on any atom is 0.126 e. The number of hydrogen-bond donors (Lipinski definition) is 1. The number of para-hydroxylation sites is 1. The maximum atomic E-state index is 6.27. The summed E-state index contributed by atoms with van der Waals surface area (Å²) in [5, 5.41) is 0.963. The zero-order valence-electron chi connectivity index (χ0n) is 18.6. The minimum Gasteiger partial charge on any atom is -0.398 e. The van der Waals surface area contributed by atoms with Crippen LogP contribution in [0.2, 0.25) is 0 Å². The van der Waals surface area contributed by atoms with Crippen molar-refractivity contribution in [2.75, 3.05) is 5.73 Å². The van der Waals surface area contributed by atoms with Crippen LogP contribution in [0.15, 0.2) is 91.0 Å². The number of hydrogen-bond acceptors (Lipinski definition) is 3. The molecule has 158 valence electrons. The highest BCUT2D eigenvalue weighted by molar-refractivity contribution is 7.21. The van der Waals surface area contributed by atoms with Gasteiger partial charge in [-0.1, -0.05) is 81.4 Å². The summed E-state index contributed by atoms with van der Waals surface area (Å²) < 4.78 is 1.19. The van der Waals surface area contributed by atoms with Crippen LogP contribution >= 0.6 is 11.3 Å². The van der Waals surface area contributed by atoms with E-state index in [0.29, 0.717) is 0 Å². The van der Waals surface area contributed by atoms with Crippen LogP contribution in [0, 0.1) is 0 Å². The number of nitrogens with two attached hydrogens (primary N) is 1. The highest BCUT2D eigenvalue weighted by Gasteiger charge is 2.20. The van der Waals surface area contributed by atoms with E-state index in [1.54, 1.807) is 11.3 Å². The molecule has 0 saturated carbocycles. The summed E-state index contributed by atoms with van der Waals surface area (Å²) in [5.74, 6) is 0. The molecule has 0 aliphatic heterocycles. The average molecular weight is 435 g/mol. The molecule has 5 aromatic rings. The van der Waals surface area contributed by atoms with E-state index in [4.69, 9.17) is 10.7 Å². The van der Waals surface area contributed by atoms with Gasteiger partial charge >= 0.3 is 0 Å². The topological polar surface area (TPSA) is 38.9 Å². The summed E-state index contributed by atoms with van der Waals surface area (Å²) >= 11 is 1.71. The standard InChI is InChI=1S/C29H26N2S/c1-29(2,3)22-17-24(21-13-9-12-20(16-21)19-10-5-4-6-11-19)27-26(18-22)32-28(31-27)23-14-7-8-15-25(23)30/h4-18H,30H2,1-3H3. The highest BCUT2D eigenvalue weighted by Crippen LogP contribution is 2.41. The summed E-state index contributed by atoms with van der Waals surface area (Å²) in [6.45, 7) is 6.78. The quantitative estimate of drug-likeness (QED) is 0.291.